The number of amides is 1. The van der Waals surface area contributed by atoms with Gasteiger partial charge >= 0.3 is 0 Å². The highest BCUT2D eigenvalue weighted by molar-refractivity contribution is 5.81. The molecular weight excluding hydrogens is 328 g/mol. The second-order valence-electron chi connectivity index (χ2n) is 7.61. The molecule has 2 aliphatic heterocycles. The fourth-order valence-corrected chi connectivity index (χ4v) is 4.21. The van der Waals surface area contributed by atoms with Crippen molar-refractivity contribution >= 4 is 16.9 Å². The highest BCUT2D eigenvalue weighted by Gasteiger charge is 2.33. The fraction of sp³-hybridized carbons (Fsp3) is 0.600. The second-order valence-corrected chi connectivity index (χ2v) is 7.61. The van der Waals surface area contributed by atoms with Crippen molar-refractivity contribution in [2.45, 2.75) is 44.8 Å². The van der Waals surface area contributed by atoms with E-state index in [4.69, 9.17) is 9.72 Å². The van der Waals surface area contributed by atoms with Gasteiger partial charge in [0.15, 0.2) is 0 Å². The summed E-state index contributed by atoms with van der Waals surface area (Å²) in [5.41, 5.74) is 2.22. The predicted molar refractivity (Wildman–Crippen MR) is 101 cm³/mol. The number of para-hydroxylation sites is 2. The zero-order valence-corrected chi connectivity index (χ0v) is 15.6. The van der Waals surface area contributed by atoms with Crippen molar-refractivity contribution in [1.29, 1.82) is 0 Å². The Kier molecular flexibility index (Phi) is 4.96. The highest BCUT2D eigenvalue weighted by atomic mass is 16.5. The van der Waals surface area contributed by atoms with Crippen molar-refractivity contribution in [1.82, 2.24) is 19.8 Å². The maximum atomic E-state index is 12.9. The third kappa shape index (κ3) is 3.23. The number of aromatic nitrogens is 2. The molecule has 2 fully saturated rings. The van der Waals surface area contributed by atoms with Crippen LogP contribution in [0.4, 0.5) is 0 Å². The minimum absolute atomic E-state index is 0.120. The summed E-state index contributed by atoms with van der Waals surface area (Å²) >= 11 is 0. The SMILES string of the molecule is CC(C)n1c([C@@H]2CCCN(C(=O)[C@H]3CNCCO3)C2)nc2ccccc21. The molecule has 140 valence electrons. The van der Waals surface area contributed by atoms with Gasteiger partial charge in [0.1, 0.15) is 11.9 Å². The van der Waals surface area contributed by atoms with Gasteiger partial charge in [0.25, 0.3) is 5.91 Å². The molecule has 2 aromatic rings. The van der Waals surface area contributed by atoms with Gasteiger partial charge in [-0.2, -0.15) is 0 Å². The number of hydrogen-bond acceptors (Lipinski definition) is 4. The maximum Gasteiger partial charge on any atom is 0.253 e. The van der Waals surface area contributed by atoms with Crippen molar-refractivity contribution < 1.29 is 9.53 Å². The standard InChI is InChI=1S/C20H28N4O2/c1-14(2)24-17-8-4-3-7-16(17)22-19(24)15-6-5-10-23(13-15)20(25)18-12-21-9-11-26-18/h3-4,7-8,14-15,18,21H,5-6,9-13H2,1-2H3/t15-,18-/m1/s1. The van der Waals surface area contributed by atoms with E-state index in [1.165, 1.54) is 5.52 Å². The number of likely N-dealkylation sites (tertiary alicyclic amines) is 1. The Balaban J connectivity index is 1.59. The van der Waals surface area contributed by atoms with E-state index >= 15 is 0 Å². The Morgan fingerprint density at radius 2 is 2.19 bits per heavy atom. The summed E-state index contributed by atoms with van der Waals surface area (Å²) in [5, 5.41) is 3.25. The average molecular weight is 356 g/mol. The number of nitrogens with zero attached hydrogens (tertiary/aromatic N) is 3. The molecule has 2 saturated heterocycles. The van der Waals surface area contributed by atoms with Crippen LogP contribution in [0, 0.1) is 0 Å². The number of hydrogen-bond donors (Lipinski definition) is 1. The molecule has 0 saturated carbocycles. The zero-order valence-electron chi connectivity index (χ0n) is 15.6. The average Bonchev–Trinajstić information content (AvgIpc) is 3.08. The smallest absolute Gasteiger partial charge is 0.253 e. The Hall–Kier alpha value is -1.92. The van der Waals surface area contributed by atoms with Crippen LogP contribution in [0.15, 0.2) is 24.3 Å². The van der Waals surface area contributed by atoms with Crippen molar-refractivity contribution in [2.75, 3.05) is 32.8 Å². The number of nitrogens with one attached hydrogen (secondary N) is 1. The Morgan fingerprint density at radius 1 is 1.35 bits per heavy atom. The quantitative estimate of drug-likeness (QED) is 0.917. The van der Waals surface area contributed by atoms with E-state index in [1.54, 1.807) is 0 Å². The predicted octanol–water partition coefficient (Wildman–Crippen LogP) is 2.31. The minimum atomic E-state index is -0.341. The van der Waals surface area contributed by atoms with E-state index in [2.05, 4.69) is 41.9 Å². The molecule has 6 heteroatoms. The molecule has 4 rings (SSSR count). The number of carbonyl (C=O) groups excluding carboxylic acids is 1. The first kappa shape index (κ1) is 17.5. The number of fused-ring (bicyclic) bond motifs is 1. The van der Waals surface area contributed by atoms with Crippen molar-refractivity contribution in [3.05, 3.63) is 30.1 Å². The van der Waals surface area contributed by atoms with E-state index in [0.29, 0.717) is 19.2 Å². The lowest BCUT2D eigenvalue weighted by Gasteiger charge is -2.36. The van der Waals surface area contributed by atoms with Crippen molar-refractivity contribution in [3.63, 3.8) is 0 Å². The molecule has 1 aromatic heterocycles. The van der Waals surface area contributed by atoms with Crippen LogP contribution in [0.3, 0.4) is 0 Å². The first-order valence-electron chi connectivity index (χ1n) is 9.73. The molecule has 0 aliphatic carbocycles. The summed E-state index contributed by atoms with van der Waals surface area (Å²) < 4.78 is 8.01. The van der Waals surface area contributed by atoms with Gasteiger partial charge in [-0.05, 0) is 38.8 Å². The topological polar surface area (TPSA) is 59.4 Å². The summed E-state index contributed by atoms with van der Waals surface area (Å²) in [5.74, 6) is 1.51. The molecule has 0 spiro atoms. The molecule has 2 atom stereocenters. The second kappa shape index (κ2) is 7.37. The fourth-order valence-electron chi connectivity index (χ4n) is 4.21. The monoisotopic (exact) mass is 356 g/mol. The number of ether oxygens (including phenoxy) is 1. The van der Waals surface area contributed by atoms with Gasteiger partial charge in [-0.15, -0.1) is 0 Å². The third-order valence-corrected chi connectivity index (χ3v) is 5.44. The number of imidazole rings is 1. The summed E-state index contributed by atoms with van der Waals surface area (Å²) in [6.45, 7) is 7.99. The molecule has 26 heavy (non-hydrogen) atoms. The molecule has 2 aliphatic rings. The van der Waals surface area contributed by atoms with Crippen molar-refractivity contribution in [3.8, 4) is 0 Å². The first-order chi connectivity index (χ1) is 12.6. The molecule has 0 radical (unpaired) electrons. The molecule has 3 heterocycles. The van der Waals surface area contributed by atoms with Gasteiger partial charge in [-0.3, -0.25) is 4.79 Å². The van der Waals surface area contributed by atoms with E-state index < -0.39 is 0 Å². The van der Waals surface area contributed by atoms with Gasteiger partial charge in [0.2, 0.25) is 0 Å². The van der Waals surface area contributed by atoms with E-state index in [0.717, 1.165) is 43.8 Å². The molecule has 6 nitrogen and oxygen atoms in total. The van der Waals surface area contributed by atoms with Gasteiger partial charge in [0, 0.05) is 38.1 Å². The molecule has 1 aromatic carbocycles. The third-order valence-electron chi connectivity index (χ3n) is 5.44. The van der Waals surface area contributed by atoms with Crippen LogP contribution >= 0.6 is 0 Å². The summed E-state index contributed by atoms with van der Waals surface area (Å²) in [6, 6.07) is 8.66. The van der Waals surface area contributed by atoms with Gasteiger partial charge in [0.05, 0.1) is 17.6 Å². The van der Waals surface area contributed by atoms with Crippen LogP contribution in [-0.2, 0) is 9.53 Å². The Labute approximate surface area is 154 Å². The van der Waals surface area contributed by atoms with E-state index in [9.17, 15) is 4.79 Å². The van der Waals surface area contributed by atoms with Crippen LogP contribution in [0.1, 0.15) is 44.5 Å². The molecule has 1 amide bonds. The summed E-state index contributed by atoms with van der Waals surface area (Å²) in [6.07, 6.45) is 1.74. The van der Waals surface area contributed by atoms with Crippen molar-refractivity contribution in [2.24, 2.45) is 0 Å². The van der Waals surface area contributed by atoms with E-state index in [1.807, 2.05) is 11.0 Å². The zero-order chi connectivity index (χ0) is 18.1. The lowest BCUT2D eigenvalue weighted by Crippen LogP contribution is -2.51. The molecule has 1 N–H and O–H groups in total. The van der Waals surface area contributed by atoms with Gasteiger partial charge < -0.3 is 19.5 Å². The molecule has 0 unspecified atom stereocenters. The molecular formula is C20H28N4O2. The normalized spacial score (nSPS) is 24.3. The molecule has 0 bridgehead atoms. The van der Waals surface area contributed by atoms with Crippen LogP contribution < -0.4 is 5.32 Å². The Morgan fingerprint density at radius 3 is 2.96 bits per heavy atom. The van der Waals surface area contributed by atoms with Crippen LogP contribution in [0.2, 0.25) is 0 Å². The van der Waals surface area contributed by atoms with Gasteiger partial charge in [-0.1, -0.05) is 12.1 Å². The Bertz CT molecular complexity index is 779. The number of benzene rings is 1. The van der Waals surface area contributed by atoms with E-state index in [-0.39, 0.29) is 17.9 Å². The highest BCUT2D eigenvalue weighted by Crippen LogP contribution is 2.31. The lowest BCUT2D eigenvalue weighted by molar-refractivity contribution is -0.146. The minimum Gasteiger partial charge on any atom is -0.366 e. The lowest BCUT2D eigenvalue weighted by atomic mass is 9.96. The number of piperidine rings is 1. The number of rotatable bonds is 3. The van der Waals surface area contributed by atoms with Crippen LogP contribution in [0.25, 0.3) is 11.0 Å². The summed E-state index contributed by atoms with van der Waals surface area (Å²) in [7, 11) is 0. The van der Waals surface area contributed by atoms with Crippen LogP contribution in [-0.4, -0.2) is 59.2 Å². The number of morpholine rings is 1. The first-order valence-corrected chi connectivity index (χ1v) is 9.73. The summed E-state index contributed by atoms with van der Waals surface area (Å²) in [4.78, 5) is 19.8. The largest absolute Gasteiger partial charge is 0.366 e. The van der Waals surface area contributed by atoms with Crippen LogP contribution in [0.5, 0.6) is 0 Å². The number of carbonyl (C=O) groups is 1. The van der Waals surface area contributed by atoms with Gasteiger partial charge in [-0.25, -0.2) is 4.98 Å². The maximum absolute atomic E-state index is 12.9.